The second kappa shape index (κ2) is 3.70. The van der Waals surface area contributed by atoms with E-state index in [-0.39, 0.29) is 6.10 Å². The van der Waals surface area contributed by atoms with E-state index in [1.54, 1.807) is 6.92 Å². The summed E-state index contributed by atoms with van der Waals surface area (Å²) in [6, 6.07) is 0. The number of hydrogen-bond donors (Lipinski definition) is 0. The Morgan fingerprint density at radius 1 is 1.86 bits per heavy atom. The van der Waals surface area contributed by atoms with Crippen LogP contribution in [0, 0.1) is 12.3 Å². The van der Waals surface area contributed by atoms with Gasteiger partial charge in [-0.25, -0.2) is 0 Å². The molecule has 39 valence electrons. The molecule has 1 nitrogen and oxygen atoms in total. The van der Waals surface area contributed by atoms with E-state index in [0.29, 0.717) is 6.61 Å². The van der Waals surface area contributed by atoms with Crippen LogP contribution in [0.15, 0.2) is 0 Å². The zero-order valence-electron chi connectivity index (χ0n) is 4.69. The van der Waals surface area contributed by atoms with Crippen LogP contribution in [0.4, 0.5) is 0 Å². The summed E-state index contributed by atoms with van der Waals surface area (Å²) in [5, 5.41) is 0. The molecule has 0 aromatic carbocycles. The highest BCUT2D eigenvalue weighted by Crippen LogP contribution is 1.83. The van der Waals surface area contributed by atoms with Crippen LogP contribution < -0.4 is 0 Å². The Kier molecular flexibility index (Phi) is 3.45. The molecule has 0 aliphatic rings. The van der Waals surface area contributed by atoms with Gasteiger partial charge in [0, 0.05) is 6.61 Å². The lowest BCUT2D eigenvalue weighted by Crippen LogP contribution is -2.02. The van der Waals surface area contributed by atoms with Gasteiger partial charge in [0.15, 0.2) is 0 Å². The van der Waals surface area contributed by atoms with Gasteiger partial charge in [0.2, 0.25) is 0 Å². The molecule has 0 spiro atoms. The number of rotatable bonds is 2. The van der Waals surface area contributed by atoms with Crippen molar-refractivity contribution < 1.29 is 4.74 Å². The van der Waals surface area contributed by atoms with E-state index in [0.717, 1.165) is 0 Å². The van der Waals surface area contributed by atoms with Gasteiger partial charge in [-0.3, -0.25) is 0 Å². The predicted molar refractivity (Wildman–Crippen MR) is 28.2 cm³/mol. The summed E-state index contributed by atoms with van der Waals surface area (Å²) in [5.41, 5.74) is 0. The monoisotopic (exact) mass is 97.1 g/mol. The molecule has 0 saturated heterocycles. The van der Waals surface area contributed by atoms with E-state index in [4.69, 9.17) is 11.2 Å². The highest BCUT2D eigenvalue weighted by molar-refractivity contribution is 4.84. The Morgan fingerprint density at radius 3 is 2.57 bits per heavy atom. The Balaban J connectivity index is 3.04. The molecule has 1 radical (unpaired) electrons. The Labute approximate surface area is 44.7 Å². The molecule has 1 unspecified atom stereocenters. The summed E-state index contributed by atoms with van der Waals surface area (Å²) in [6.45, 7) is 4.34. The lowest BCUT2D eigenvalue weighted by Gasteiger charge is -1.99. The largest absolute Gasteiger partial charge is 0.366 e. The molecule has 7 heavy (non-hydrogen) atoms. The van der Waals surface area contributed by atoms with Crippen LogP contribution in [-0.4, -0.2) is 12.7 Å². The van der Waals surface area contributed by atoms with Crippen LogP contribution in [0.5, 0.6) is 0 Å². The molecule has 0 aromatic heterocycles. The first-order valence-electron chi connectivity index (χ1n) is 2.35. The van der Waals surface area contributed by atoms with Crippen molar-refractivity contribution in [3.8, 4) is 5.92 Å². The summed E-state index contributed by atoms with van der Waals surface area (Å²) in [5.74, 6) is 2.19. The smallest absolute Gasteiger partial charge is 0.116 e. The molecule has 1 heteroatoms. The van der Waals surface area contributed by atoms with Gasteiger partial charge in [0.1, 0.15) is 6.10 Å². The fraction of sp³-hybridized carbons (Fsp3) is 0.667. The van der Waals surface area contributed by atoms with Crippen LogP contribution in [0.3, 0.4) is 0 Å². The molecule has 0 aliphatic heterocycles. The fourth-order valence-corrected chi connectivity index (χ4v) is 0.292. The van der Waals surface area contributed by atoms with Crippen molar-refractivity contribution in [1.29, 1.82) is 0 Å². The quantitative estimate of drug-likeness (QED) is 0.467. The molecule has 0 aromatic rings. The Morgan fingerprint density at radius 2 is 2.43 bits per heavy atom. The van der Waals surface area contributed by atoms with Crippen molar-refractivity contribution >= 4 is 0 Å². The minimum absolute atomic E-state index is 0.134. The molecule has 1 atom stereocenters. The van der Waals surface area contributed by atoms with Gasteiger partial charge in [0.05, 0.1) is 0 Å². The summed E-state index contributed by atoms with van der Waals surface area (Å²) in [6.07, 6.45) is 6.40. The molecule has 0 heterocycles. The van der Waals surface area contributed by atoms with Gasteiger partial charge >= 0.3 is 0 Å². The minimum Gasteiger partial charge on any atom is -0.366 e. The van der Waals surface area contributed by atoms with Crippen LogP contribution in [0.25, 0.3) is 0 Å². The second-order valence-corrected chi connectivity index (χ2v) is 1.24. The highest BCUT2D eigenvalue weighted by atomic mass is 16.5. The molecular formula is C6H9O. The van der Waals surface area contributed by atoms with Crippen molar-refractivity contribution in [1.82, 2.24) is 0 Å². The SMILES string of the molecule is [C]#CC(C)OCC. The average Bonchev–Trinajstić information content (AvgIpc) is 1.68. The van der Waals surface area contributed by atoms with Gasteiger partial charge in [0.25, 0.3) is 0 Å². The molecule has 0 fully saturated rings. The lowest BCUT2D eigenvalue weighted by atomic mass is 10.4. The summed E-state index contributed by atoms with van der Waals surface area (Å²) < 4.78 is 4.89. The Hall–Kier alpha value is -0.480. The van der Waals surface area contributed by atoms with Gasteiger partial charge in [-0.1, -0.05) is 5.92 Å². The summed E-state index contributed by atoms with van der Waals surface area (Å²) >= 11 is 0. The third-order valence-electron chi connectivity index (χ3n) is 0.620. The fourth-order valence-electron chi connectivity index (χ4n) is 0.292. The van der Waals surface area contributed by atoms with Crippen molar-refractivity contribution in [2.24, 2.45) is 0 Å². The molecule has 0 saturated carbocycles. The molecule has 0 amide bonds. The summed E-state index contributed by atoms with van der Waals surface area (Å²) in [4.78, 5) is 0. The number of hydrogen-bond acceptors (Lipinski definition) is 1. The molecular weight excluding hydrogens is 88.1 g/mol. The van der Waals surface area contributed by atoms with Crippen LogP contribution in [0.2, 0.25) is 0 Å². The third-order valence-corrected chi connectivity index (χ3v) is 0.620. The van der Waals surface area contributed by atoms with Crippen LogP contribution in [0.1, 0.15) is 13.8 Å². The van der Waals surface area contributed by atoms with Crippen LogP contribution >= 0.6 is 0 Å². The van der Waals surface area contributed by atoms with E-state index in [1.807, 2.05) is 6.92 Å². The van der Waals surface area contributed by atoms with E-state index in [2.05, 4.69) is 5.92 Å². The lowest BCUT2D eigenvalue weighted by molar-refractivity contribution is 0.116. The molecule has 0 N–H and O–H groups in total. The first kappa shape index (κ1) is 6.52. The first-order valence-corrected chi connectivity index (χ1v) is 2.35. The summed E-state index contributed by atoms with van der Waals surface area (Å²) in [7, 11) is 0. The van der Waals surface area contributed by atoms with Crippen molar-refractivity contribution in [3.05, 3.63) is 6.42 Å². The maximum atomic E-state index is 6.54. The Bertz CT molecular complexity index is 70.7. The topological polar surface area (TPSA) is 9.23 Å². The highest BCUT2D eigenvalue weighted by Gasteiger charge is 1.88. The maximum absolute atomic E-state index is 6.54. The van der Waals surface area contributed by atoms with E-state index in [1.165, 1.54) is 0 Å². The first-order chi connectivity index (χ1) is 3.31. The standard InChI is InChI=1S/C6H9O/c1-4-6(3)7-5-2/h6H,5H2,2-3H3. The minimum atomic E-state index is -0.134. The van der Waals surface area contributed by atoms with E-state index < -0.39 is 0 Å². The van der Waals surface area contributed by atoms with Gasteiger partial charge < -0.3 is 4.74 Å². The van der Waals surface area contributed by atoms with Gasteiger partial charge in [-0.15, -0.1) is 0 Å². The third kappa shape index (κ3) is 3.35. The predicted octanol–water partition coefficient (Wildman–Crippen LogP) is 1.00. The van der Waals surface area contributed by atoms with Crippen LogP contribution in [-0.2, 0) is 4.74 Å². The van der Waals surface area contributed by atoms with Crippen molar-refractivity contribution in [2.75, 3.05) is 6.61 Å². The zero-order chi connectivity index (χ0) is 5.70. The molecule has 0 rings (SSSR count). The van der Waals surface area contributed by atoms with Crippen molar-refractivity contribution in [3.63, 3.8) is 0 Å². The number of ether oxygens (including phenoxy) is 1. The maximum Gasteiger partial charge on any atom is 0.116 e. The van der Waals surface area contributed by atoms with E-state index >= 15 is 0 Å². The van der Waals surface area contributed by atoms with Gasteiger partial charge in [-0.05, 0) is 20.3 Å². The van der Waals surface area contributed by atoms with Crippen molar-refractivity contribution in [2.45, 2.75) is 20.0 Å². The molecule has 0 bridgehead atoms. The average molecular weight is 97.1 g/mol. The normalized spacial score (nSPS) is 12.7. The molecule has 0 aliphatic carbocycles. The second-order valence-electron chi connectivity index (χ2n) is 1.24. The van der Waals surface area contributed by atoms with E-state index in [9.17, 15) is 0 Å². The van der Waals surface area contributed by atoms with Gasteiger partial charge in [-0.2, -0.15) is 0 Å². The zero-order valence-corrected chi connectivity index (χ0v) is 4.69.